The molecule has 2 saturated carbocycles. The first kappa shape index (κ1) is 16.8. The number of nitrogens with zero attached hydrogens (tertiary/aromatic N) is 2. The van der Waals surface area contributed by atoms with E-state index in [1.807, 2.05) is 12.1 Å². The molecule has 0 radical (unpaired) electrons. The van der Waals surface area contributed by atoms with Crippen molar-refractivity contribution in [3.63, 3.8) is 0 Å². The maximum absolute atomic E-state index is 12.2. The average molecular weight is 329 g/mol. The predicted octanol–water partition coefficient (Wildman–Crippen LogP) is 3.12. The SMILES string of the molecule is CCN(CC)c1ccc(C=NNC(=O)C2C3CCCCC32)c(O)c1. The smallest absolute Gasteiger partial charge is 0.243 e. The van der Waals surface area contributed by atoms with Crippen LogP contribution in [0, 0.1) is 17.8 Å². The van der Waals surface area contributed by atoms with Gasteiger partial charge in [-0.05, 0) is 50.7 Å². The molecule has 1 aromatic rings. The number of benzene rings is 1. The van der Waals surface area contributed by atoms with Crippen LogP contribution in [0.5, 0.6) is 5.75 Å². The van der Waals surface area contributed by atoms with Crippen molar-refractivity contribution in [1.82, 2.24) is 5.43 Å². The number of hydrogen-bond acceptors (Lipinski definition) is 4. The maximum Gasteiger partial charge on any atom is 0.243 e. The van der Waals surface area contributed by atoms with E-state index >= 15 is 0 Å². The number of rotatable bonds is 6. The van der Waals surface area contributed by atoms with Gasteiger partial charge < -0.3 is 10.0 Å². The molecule has 2 fully saturated rings. The van der Waals surface area contributed by atoms with Crippen LogP contribution in [0.3, 0.4) is 0 Å². The molecule has 2 aliphatic carbocycles. The van der Waals surface area contributed by atoms with Crippen molar-refractivity contribution in [3.05, 3.63) is 23.8 Å². The fraction of sp³-hybridized carbons (Fsp3) is 0.579. The Morgan fingerprint density at radius 1 is 1.29 bits per heavy atom. The minimum Gasteiger partial charge on any atom is -0.507 e. The molecular formula is C19H27N3O2. The maximum atomic E-state index is 12.2. The molecular weight excluding hydrogens is 302 g/mol. The normalized spacial score (nSPS) is 25.3. The number of aromatic hydroxyl groups is 1. The standard InChI is InChI=1S/C19H27N3O2/c1-3-22(4-2)14-10-9-13(17(23)11-14)12-20-21-19(24)18-15-7-5-6-8-16(15)18/h9-12,15-16,18,23H,3-8H2,1-2H3,(H,21,24). The van der Waals surface area contributed by atoms with Gasteiger partial charge in [0.05, 0.1) is 6.21 Å². The molecule has 2 aliphatic rings. The van der Waals surface area contributed by atoms with E-state index in [1.54, 1.807) is 6.07 Å². The van der Waals surface area contributed by atoms with Gasteiger partial charge in [-0.1, -0.05) is 12.8 Å². The van der Waals surface area contributed by atoms with Crippen LogP contribution in [-0.2, 0) is 4.79 Å². The third kappa shape index (κ3) is 3.40. The van der Waals surface area contributed by atoms with Gasteiger partial charge in [0.25, 0.3) is 0 Å². The highest BCUT2D eigenvalue weighted by Crippen LogP contribution is 2.55. The minimum absolute atomic E-state index is 0.0300. The summed E-state index contributed by atoms with van der Waals surface area (Å²) in [5.74, 6) is 1.52. The number of nitrogens with one attached hydrogen (secondary N) is 1. The molecule has 0 spiro atoms. The number of anilines is 1. The van der Waals surface area contributed by atoms with Gasteiger partial charge in [-0.2, -0.15) is 5.10 Å². The number of amides is 1. The second-order valence-corrected chi connectivity index (χ2v) is 6.79. The molecule has 0 aromatic heterocycles. The van der Waals surface area contributed by atoms with Gasteiger partial charge in [0, 0.05) is 36.3 Å². The van der Waals surface area contributed by atoms with Crippen LogP contribution < -0.4 is 10.3 Å². The highest BCUT2D eigenvalue weighted by molar-refractivity contribution is 5.87. The molecule has 1 amide bonds. The van der Waals surface area contributed by atoms with E-state index in [9.17, 15) is 9.90 Å². The molecule has 5 heteroatoms. The molecule has 2 N–H and O–H groups in total. The molecule has 0 aliphatic heterocycles. The zero-order valence-electron chi connectivity index (χ0n) is 14.5. The second-order valence-electron chi connectivity index (χ2n) is 6.79. The molecule has 0 bridgehead atoms. The van der Waals surface area contributed by atoms with Crippen LogP contribution in [0.25, 0.3) is 0 Å². The molecule has 2 atom stereocenters. The van der Waals surface area contributed by atoms with Crippen molar-refractivity contribution in [2.45, 2.75) is 39.5 Å². The number of carbonyl (C=O) groups is 1. The summed E-state index contributed by atoms with van der Waals surface area (Å²) in [6.45, 7) is 5.95. The highest BCUT2D eigenvalue weighted by atomic mass is 16.3. The number of hydrogen-bond donors (Lipinski definition) is 2. The van der Waals surface area contributed by atoms with Gasteiger partial charge in [-0.15, -0.1) is 0 Å². The monoisotopic (exact) mass is 329 g/mol. The van der Waals surface area contributed by atoms with Gasteiger partial charge in [0.15, 0.2) is 0 Å². The number of hydrazone groups is 1. The predicted molar refractivity (Wildman–Crippen MR) is 96.3 cm³/mol. The van der Waals surface area contributed by atoms with E-state index in [-0.39, 0.29) is 17.6 Å². The molecule has 3 rings (SSSR count). The largest absolute Gasteiger partial charge is 0.507 e. The number of fused-ring (bicyclic) bond motifs is 1. The van der Waals surface area contributed by atoms with Crippen molar-refractivity contribution in [1.29, 1.82) is 0 Å². The Bertz CT molecular complexity index is 613. The third-order valence-electron chi connectivity index (χ3n) is 5.48. The van der Waals surface area contributed by atoms with E-state index in [2.05, 4.69) is 29.3 Å². The summed E-state index contributed by atoms with van der Waals surface area (Å²) in [6.07, 6.45) is 6.38. The minimum atomic E-state index is 0.0300. The number of carbonyl (C=O) groups excluding carboxylic acids is 1. The zero-order chi connectivity index (χ0) is 17.1. The summed E-state index contributed by atoms with van der Waals surface area (Å²) in [5, 5.41) is 14.2. The van der Waals surface area contributed by atoms with E-state index in [4.69, 9.17) is 0 Å². The molecule has 5 nitrogen and oxygen atoms in total. The van der Waals surface area contributed by atoms with Crippen LogP contribution in [0.15, 0.2) is 23.3 Å². The van der Waals surface area contributed by atoms with Gasteiger partial charge >= 0.3 is 0 Å². The van der Waals surface area contributed by atoms with Crippen molar-refractivity contribution in [2.24, 2.45) is 22.9 Å². The number of phenolic OH excluding ortho intramolecular Hbond substituents is 1. The van der Waals surface area contributed by atoms with Crippen LogP contribution in [0.4, 0.5) is 5.69 Å². The molecule has 0 heterocycles. The Balaban J connectivity index is 1.57. The Labute approximate surface area is 143 Å². The van der Waals surface area contributed by atoms with Crippen molar-refractivity contribution in [3.8, 4) is 5.75 Å². The summed E-state index contributed by atoms with van der Waals surface area (Å²) in [5.41, 5.74) is 4.24. The summed E-state index contributed by atoms with van der Waals surface area (Å²) in [4.78, 5) is 14.3. The summed E-state index contributed by atoms with van der Waals surface area (Å²) in [7, 11) is 0. The van der Waals surface area contributed by atoms with E-state index in [1.165, 1.54) is 31.9 Å². The van der Waals surface area contributed by atoms with Gasteiger partial charge in [0.1, 0.15) is 5.75 Å². The Kier molecular flexibility index (Phi) is 5.07. The fourth-order valence-electron chi connectivity index (χ4n) is 4.05. The lowest BCUT2D eigenvalue weighted by Gasteiger charge is -2.21. The summed E-state index contributed by atoms with van der Waals surface area (Å²) in [6, 6.07) is 5.53. The van der Waals surface area contributed by atoms with Gasteiger partial charge in [0.2, 0.25) is 5.91 Å². The first-order chi connectivity index (χ1) is 11.7. The molecule has 2 unspecified atom stereocenters. The fourth-order valence-corrected chi connectivity index (χ4v) is 4.05. The van der Waals surface area contributed by atoms with Gasteiger partial charge in [-0.25, -0.2) is 5.43 Å². The lowest BCUT2D eigenvalue weighted by Crippen LogP contribution is -2.21. The van der Waals surface area contributed by atoms with Crippen molar-refractivity contribution in [2.75, 3.05) is 18.0 Å². The molecule has 1 aromatic carbocycles. The van der Waals surface area contributed by atoms with Crippen LogP contribution in [0.2, 0.25) is 0 Å². The first-order valence-corrected chi connectivity index (χ1v) is 9.06. The van der Waals surface area contributed by atoms with Crippen molar-refractivity contribution >= 4 is 17.8 Å². The molecule has 130 valence electrons. The zero-order valence-corrected chi connectivity index (χ0v) is 14.5. The van der Waals surface area contributed by atoms with Gasteiger partial charge in [-0.3, -0.25) is 4.79 Å². The lowest BCUT2D eigenvalue weighted by molar-refractivity contribution is -0.122. The topological polar surface area (TPSA) is 64.9 Å². The van der Waals surface area contributed by atoms with Crippen LogP contribution in [0.1, 0.15) is 45.1 Å². The van der Waals surface area contributed by atoms with E-state index in [0.717, 1.165) is 18.8 Å². The lowest BCUT2D eigenvalue weighted by atomic mass is 10.0. The second kappa shape index (κ2) is 7.24. The summed E-state index contributed by atoms with van der Waals surface area (Å²) < 4.78 is 0. The van der Waals surface area contributed by atoms with Crippen LogP contribution >= 0.6 is 0 Å². The van der Waals surface area contributed by atoms with E-state index < -0.39 is 0 Å². The molecule has 24 heavy (non-hydrogen) atoms. The van der Waals surface area contributed by atoms with Crippen molar-refractivity contribution < 1.29 is 9.90 Å². The number of phenols is 1. The van der Waals surface area contributed by atoms with E-state index in [0.29, 0.717) is 17.4 Å². The summed E-state index contributed by atoms with van der Waals surface area (Å²) >= 11 is 0. The highest BCUT2D eigenvalue weighted by Gasteiger charge is 2.54. The Morgan fingerprint density at radius 2 is 1.96 bits per heavy atom. The average Bonchev–Trinajstić information content (AvgIpc) is 3.32. The first-order valence-electron chi connectivity index (χ1n) is 9.06. The third-order valence-corrected chi connectivity index (χ3v) is 5.48. The Morgan fingerprint density at radius 3 is 2.54 bits per heavy atom. The Hall–Kier alpha value is -2.04. The quantitative estimate of drug-likeness (QED) is 0.622. The molecule has 0 saturated heterocycles. The van der Waals surface area contributed by atoms with Crippen LogP contribution in [-0.4, -0.2) is 30.3 Å².